The van der Waals surface area contributed by atoms with Crippen molar-refractivity contribution in [2.24, 2.45) is 0 Å². The normalized spacial score (nSPS) is 15.9. The predicted molar refractivity (Wildman–Crippen MR) is 118 cm³/mol. The molecule has 1 unspecified atom stereocenters. The standard InChI is InChI=1S/C23H20F5N7O/c1-13-29-12-30-35(13)19-7-6-15(11-17(19)24)31-22-32-21-16(4-2-3-9-34(21)33-22)14-5-8-20(18(25)10-14)36-23(26,27)28/h5-8,10-12,16H,2-4,9H2,1H3,(H,31,33). The summed E-state index contributed by atoms with van der Waals surface area (Å²) in [5.41, 5.74) is 1.11. The monoisotopic (exact) mass is 505 g/mol. The smallest absolute Gasteiger partial charge is 0.403 e. The second-order valence-electron chi connectivity index (χ2n) is 8.31. The van der Waals surface area contributed by atoms with E-state index in [0.717, 1.165) is 25.0 Å². The van der Waals surface area contributed by atoms with Gasteiger partial charge in [0.25, 0.3) is 0 Å². The maximum absolute atomic E-state index is 14.7. The van der Waals surface area contributed by atoms with Crippen LogP contribution in [0.15, 0.2) is 42.7 Å². The number of nitrogens with one attached hydrogen (secondary N) is 1. The highest BCUT2D eigenvalue weighted by Crippen LogP contribution is 2.35. The summed E-state index contributed by atoms with van der Waals surface area (Å²) in [6, 6.07) is 7.88. The molecule has 0 spiro atoms. The summed E-state index contributed by atoms with van der Waals surface area (Å²) in [5.74, 6) is -1.63. The highest BCUT2D eigenvalue weighted by molar-refractivity contribution is 5.56. The van der Waals surface area contributed by atoms with Crippen molar-refractivity contribution in [3.8, 4) is 11.4 Å². The van der Waals surface area contributed by atoms with Crippen LogP contribution in [0.2, 0.25) is 0 Å². The lowest BCUT2D eigenvalue weighted by Crippen LogP contribution is -2.18. The van der Waals surface area contributed by atoms with E-state index < -0.39 is 23.7 Å². The molecule has 0 radical (unpaired) electrons. The predicted octanol–water partition coefficient (Wildman–Crippen LogP) is 5.40. The number of benzene rings is 2. The number of anilines is 2. The first-order chi connectivity index (χ1) is 17.2. The molecule has 1 aliphatic heterocycles. The zero-order valence-corrected chi connectivity index (χ0v) is 18.9. The average Bonchev–Trinajstić information content (AvgIpc) is 3.35. The number of hydrogen-bond acceptors (Lipinski definition) is 6. The minimum Gasteiger partial charge on any atom is -0.403 e. The lowest BCUT2D eigenvalue weighted by Gasteiger charge is -2.16. The van der Waals surface area contributed by atoms with E-state index in [1.165, 1.54) is 23.1 Å². The van der Waals surface area contributed by atoms with Crippen LogP contribution in [-0.2, 0) is 6.54 Å². The number of nitrogens with zero attached hydrogens (tertiary/aromatic N) is 6. The Kier molecular flexibility index (Phi) is 6.06. The van der Waals surface area contributed by atoms with Crippen molar-refractivity contribution < 1.29 is 26.7 Å². The second-order valence-corrected chi connectivity index (χ2v) is 8.31. The van der Waals surface area contributed by atoms with Crippen LogP contribution in [0.4, 0.5) is 33.6 Å². The van der Waals surface area contributed by atoms with Gasteiger partial charge in [0.2, 0.25) is 5.95 Å². The summed E-state index contributed by atoms with van der Waals surface area (Å²) in [4.78, 5) is 8.54. The van der Waals surface area contributed by atoms with Gasteiger partial charge in [-0.3, -0.25) is 0 Å². The molecular weight excluding hydrogens is 485 g/mol. The topological polar surface area (TPSA) is 82.7 Å². The quantitative estimate of drug-likeness (QED) is 0.366. The Morgan fingerprint density at radius 2 is 1.89 bits per heavy atom. The van der Waals surface area contributed by atoms with Gasteiger partial charge in [0.15, 0.2) is 17.4 Å². The van der Waals surface area contributed by atoms with Gasteiger partial charge in [-0.15, -0.1) is 18.3 Å². The first-order valence-corrected chi connectivity index (χ1v) is 11.1. The van der Waals surface area contributed by atoms with Crippen molar-refractivity contribution in [2.45, 2.75) is 45.0 Å². The Labute approximate surface area is 201 Å². The summed E-state index contributed by atoms with van der Waals surface area (Å²) in [6.07, 6.45) is -1.45. The van der Waals surface area contributed by atoms with Crippen LogP contribution in [0.1, 0.15) is 42.4 Å². The zero-order valence-electron chi connectivity index (χ0n) is 18.9. The molecule has 2 aromatic heterocycles. The van der Waals surface area contributed by atoms with Gasteiger partial charge in [0.05, 0.1) is 0 Å². The van der Waals surface area contributed by atoms with Crippen molar-refractivity contribution in [3.63, 3.8) is 0 Å². The van der Waals surface area contributed by atoms with E-state index in [0.29, 0.717) is 35.9 Å². The molecule has 188 valence electrons. The molecule has 1 N–H and O–H groups in total. The van der Waals surface area contributed by atoms with Crippen molar-refractivity contribution in [1.29, 1.82) is 0 Å². The minimum absolute atomic E-state index is 0.221. The summed E-state index contributed by atoms with van der Waals surface area (Å²) in [7, 11) is 0. The van der Waals surface area contributed by atoms with E-state index in [1.807, 2.05) is 0 Å². The summed E-state index contributed by atoms with van der Waals surface area (Å²) >= 11 is 0. The molecule has 0 saturated heterocycles. The number of aromatic nitrogens is 6. The summed E-state index contributed by atoms with van der Waals surface area (Å²) in [5, 5.41) is 11.5. The van der Waals surface area contributed by atoms with Gasteiger partial charge in [-0.2, -0.15) is 10.1 Å². The molecule has 36 heavy (non-hydrogen) atoms. The Bertz CT molecular complexity index is 1400. The molecule has 13 heteroatoms. The van der Waals surface area contributed by atoms with Crippen LogP contribution in [0.25, 0.3) is 5.69 Å². The van der Waals surface area contributed by atoms with Gasteiger partial charge < -0.3 is 10.1 Å². The molecule has 0 fully saturated rings. The molecule has 8 nitrogen and oxygen atoms in total. The Balaban J connectivity index is 1.40. The van der Waals surface area contributed by atoms with Gasteiger partial charge in [0.1, 0.15) is 23.7 Å². The fourth-order valence-electron chi connectivity index (χ4n) is 4.25. The number of aryl methyl sites for hydroxylation is 2. The Hall–Kier alpha value is -4.03. The molecule has 1 atom stereocenters. The number of alkyl halides is 3. The van der Waals surface area contributed by atoms with Crippen molar-refractivity contribution in [2.75, 3.05) is 5.32 Å². The molecule has 0 aliphatic carbocycles. The maximum atomic E-state index is 14.7. The molecule has 2 aromatic carbocycles. The molecule has 3 heterocycles. The molecule has 0 saturated carbocycles. The van der Waals surface area contributed by atoms with Gasteiger partial charge >= 0.3 is 6.36 Å². The highest BCUT2D eigenvalue weighted by Gasteiger charge is 2.33. The first kappa shape index (κ1) is 23.7. The molecule has 0 bridgehead atoms. The van der Waals surface area contributed by atoms with E-state index in [2.05, 4.69) is 30.2 Å². The minimum atomic E-state index is -4.99. The molecule has 5 rings (SSSR count). The van der Waals surface area contributed by atoms with E-state index >= 15 is 0 Å². The molecule has 0 amide bonds. The van der Waals surface area contributed by atoms with Crippen LogP contribution in [0.5, 0.6) is 5.75 Å². The summed E-state index contributed by atoms with van der Waals surface area (Å²) in [6.45, 7) is 2.27. The largest absolute Gasteiger partial charge is 0.573 e. The number of halogens is 5. The molecular formula is C23H20F5N7O. The third-order valence-electron chi connectivity index (χ3n) is 5.86. The highest BCUT2D eigenvalue weighted by atomic mass is 19.4. The van der Waals surface area contributed by atoms with Crippen LogP contribution in [0.3, 0.4) is 0 Å². The number of rotatable bonds is 5. The zero-order chi connectivity index (χ0) is 25.4. The molecule has 4 aromatic rings. The fraction of sp³-hybridized carbons (Fsp3) is 0.304. The fourth-order valence-corrected chi connectivity index (χ4v) is 4.25. The Morgan fingerprint density at radius 3 is 2.58 bits per heavy atom. The number of ether oxygens (including phenoxy) is 1. The lowest BCUT2D eigenvalue weighted by atomic mass is 9.93. The van der Waals surface area contributed by atoms with Crippen molar-refractivity contribution in [1.82, 2.24) is 29.5 Å². The number of hydrogen-bond donors (Lipinski definition) is 1. The third-order valence-corrected chi connectivity index (χ3v) is 5.86. The van der Waals surface area contributed by atoms with Gasteiger partial charge in [-0.1, -0.05) is 12.5 Å². The van der Waals surface area contributed by atoms with Gasteiger partial charge in [-0.25, -0.2) is 23.1 Å². The first-order valence-electron chi connectivity index (χ1n) is 11.1. The second kappa shape index (κ2) is 9.21. The van der Waals surface area contributed by atoms with Crippen LogP contribution in [-0.4, -0.2) is 35.9 Å². The van der Waals surface area contributed by atoms with Crippen LogP contribution >= 0.6 is 0 Å². The van der Waals surface area contributed by atoms with E-state index in [4.69, 9.17) is 0 Å². The lowest BCUT2D eigenvalue weighted by molar-refractivity contribution is -0.275. The Morgan fingerprint density at radius 1 is 1.06 bits per heavy atom. The van der Waals surface area contributed by atoms with Gasteiger partial charge in [0, 0.05) is 18.2 Å². The molecule has 1 aliphatic rings. The van der Waals surface area contributed by atoms with Crippen molar-refractivity contribution in [3.05, 3.63) is 71.6 Å². The summed E-state index contributed by atoms with van der Waals surface area (Å²) < 4.78 is 73.4. The average molecular weight is 505 g/mol. The van der Waals surface area contributed by atoms with Crippen LogP contribution < -0.4 is 10.1 Å². The maximum Gasteiger partial charge on any atom is 0.573 e. The van der Waals surface area contributed by atoms with E-state index in [1.54, 1.807) is 23.7 Å². The van der Waals surface area contributed by atoms with Crippen molar-refractivity contribution >= 4 is 11.6 Å². The third kappa shape index (κ3) is 4.86. The van der Waals surface area contributed by atoms with Crippen LogP contribution in [0, 0.1) is 18.6 Å². The van der Waals surface area contributed by atoms with Gasteiger partial charge in [-0.05, 0) is 55.7 Å². The van der Waals surface area contributed by atoms with E-state index in [-0.39, 0.29) is 17.6 Å². The SMILES string of the molecule is Cc1ncnn1-c1ccc(Nc2nc3n(n2)CCCCC3c2ccc(OC(F)(F)F)c(F)c2)cc1F. The van der Waals surface area contributed by atoms with E-state index in [9.17, 15) is 22.0 Å². The number of fused-ring (bicyclic) bond motifs is 1.